The molecule has 0 aliphatic heterocycles. The molecule has 0 aromatic carbocycles. The van der Waals surface area contributed by atoms with Gasteiger partial charge in [-0.25, -0.2) is 4.89 Å². The molecule has 0 amide bonds. The molecule has 0 heterocycles. The number of quaternary nitrogens is 2. The second kappa shape index (κ2) is 31.5. The molecule has 0 aliphatic carbocycles. The minimum absolute atomic E-state index is 1.12. The van der Waals surface area contributed by atoms with E-state index >= 15 is 0 Å². The summed E-state index contributed by atoms with van der Waals surface area (Å²) in [4.78, 5) is 10.8. The Labute approximate surface area is 234 Å². The first-order valence-electron chi connectivity index (χ1n) is 14.9. The largest absolute Gasteiger partial charge is 0.868 e. The summed E-state index contributed by atoms with van der Waals surface area (Å²) in [6, 6.07) is 3.37. The Bertz CT molecular complexity index is 522. The molecule has 0 spiro atoms. The van der Waals surface area contributed by atoms with E-state index in [-0.39, 0.29) is 0 Å². The third kappa shape index (κ3) is 27.3. The normalized spacial score (nSPS) is 10.5. The molecule has 0 aliphatic rings. The third-order valence-electron chi connectivity index (χ3n) is 6.03. The fourth-order valence-corrected chi connectivity index (χ4v) is 3.55. The predicted molar refractivity (Wildman–Crippen MR) is 148 cm³/mol. The van der Waals surface area contributed by atoms with E-state index in [2.05, 4.69) is 51.2 Å². The maximum atomic E-state index is 9.69. The Balaban J connectivity index is -0.000000484. The van der Waals surface area contributed by atoms with Crippen LogP contribution in [0, 0.1) is 34.0 Å². The first-order chi connectivity index (χ1) is 18.3. The summed E-state index contributed by atoms with van der Waals surface area (Å²) < 4.78 is 0. The van der Waals surface area contributed by atoms with Crippen molar-refractivity contribution in [2.75, 3.05) is 39.3 Å². The molecule has 0 saturated carbocycles. The van der Waals surface area contributed by atoms with Crippen LogP contribution >= 0.6 is 0 Å². The molecule has 0 radical (unpaired) electrons. The van der Waals surface area contributed by atoms with E-state index in [1.54, 1.807) is 0 Å². The number of hydrogen-bond donors (Lipinski definition) is 2. The van der Waals surface area contributed by atoms with Gasteiger partial charge in [-0.3, -0.25) is 0 Å². The van der Waals surface area contributed by atoms with Gasteiger partial charge in [-0.15, -0.1) is 0 Å². The topological polar surface area (TPSA) is 145 Å². The van der Waals surface area contributed by atoms with Gasteiger partial charge in [0, 0.05) is 0 Å². The van der Waals surface area contributed by atoms with Crippen molar-refractivity contribution in [1.29, 1.82) is 15.8 Å². The molecule has 0 rings (SSSR count). The molecule has 220 valence electrons. The van der Waals surface area contributed by atoms with Crippen LogP contribution in [0.15, 0.2) is 0 Å². The molecule has 0 aromatic heterocycles. The minimum Gasteiger partial charge on any atom is -0.868 e. The standard InChI is InChI=1S/2C12H27N.C4BN3O4/c2*1-4-7-10-13(11-8-5-2)12-9-6-3;6-1-4(2-7,3-8)11-12-5(9)10/h2*4-12H2,1-3H3;/q;;-2/p+2. The van der Waals surface area contributed by atoms with Crippen molar-refractivity contribution in [2.24, 2.45) is 0 Å². The summed E-state index contributed by atoms with van der Waals surface area (Å²) >= 11 is 0. The number of unbranched alkanes of at least 4 members (excludes halogenated alkanes) is 6. The second-order valence-electron chi connectivity index (χ2n) is 9.61. The highest BCUT2D eigenvalue weighted by Crippen LogP contribution is 2.06. The van der Waals surface area contributed by atoms with Crippen LogP contribution in [0.5, 0.6) is 0 Å². The zero-order chi connectivity index (χ0) is 29.5. The monoisotopic (exact) mass is 537 g/mol. The lowest BCUT2D eigenvalue weighted by Crippen LogP contribution is -3.12. The van der Waals surface area contributed by atoms with Gasteiger partial charge in [0.1, 0.15) is 25.5 Å². The summed E-state index contributed by atoms with van der Waals surface area (Å²) in [7, 11) is -2.81. The van der Waals surface area contributed by atoms with E-state index in [1.807, 2.05) is 9.80 Å². The molecule has 0 bridgehead atoms. The molecule has 0 saturated heterocycles. The van der Waals surface area contributed by atoms with Crippen LogP contribution in [0.1, 0.15) is 119 Å². The zero-order valence-electron chi connectivity index (χ0n) is 25.3. The fraction of sp³-hybridized carbons (Fsp3) is 0.893. The van der Waals surface area contributed by atoms with Crippen LogP contribution in [0.4, 0.5) is 0 Å². The number of nitriles is 3. The van der Waals surface area contributed by atoms with E-state index in [0.29, 0.717) is 0 Å². The summed E-state index contributed by atoms with van der Waals surface area (Å²) in [6.45, 7) is 22.1. The van der Waals surface area contributed by atoms with Crippen LogP contribution in [0.3, 0.4) is 0 Å². The van der Waals surface area contributed by atoms with E-state index in [1.165, 1.54) is 116 Å². The van der Waals surface area contributed by atoms with Gasteiger partial charge in [-0.1, -0.05) is 80.1 Å². The Kier molecular flexibility index (Phi) is 33.8. The van der Waals surface area contributed by atoms with Crippen molar-refractivity contribution in [1.82, 2.24) is 0 Å². The lowest BCUT2D eigenvalue weighted by atomic mass is 10.1. The maximum Gasteiger partial charge on any atom is 0.354 e. The number of rotatable bonds is 21. The minimum atomic E-state index is -2.81. The SMILES string of the molecule is CCCC[NH+](CCCC)CCCC.CCCC[NH+](CCCC)CCCC.N#CC(C#N)(C#N)OOB([O-])[O-]. The first-order valence-corrected chi connectivity index (χ1v) is 14.9. The molecule has 0 aromatic rings. The molecule has 38 heavy (non-hydrogen) atoms. The number of nitrogens with one attached hydrogen (secondary N) is 2. The molecular weight excluding hydrogens is 481 g/mol. The molecule has 0 atom stereocenters. The van der Waals surface area contributed by atoms with Crippen LogP contribution in [0.2, 0.25) is 0 Å². The van der Waals surface area contributed by atoms with Gasteiger partial charge in [0.05, 0.1) is 39.3 Å². The van der Waals surface area contributed by atoms with Crippen LogP contribution < -0.4 is 19.8 Å². The van der Waals surface area contributed by atoms with Crippen molar-refractivity contribution < 1.29 is 29.5 Å². The number of hydrogen-bond acceptors (Lipinski definition) is 7. The second-order valence-corrected chi connectivity index (χ2v) is 9.61. The Morgan fingerprint density at radius 2 is 0.789 bits per heavy atom. The van der Waals surface area contributed by atoms with Crippen LogP contribution in [-0.4, -0.2) is 52.2 Å². The molecule has 0 fully saturated rings. The van der Waals surface area contributed by atoms with Crippen molar-refractivity contribution in [3.63, 3.8) is 0 Å². The van der Waals surface area contributed by atoms with E-state index in [9.17, 15) is 10.0 Å². The number of nitrogens with zero attached hydrogens (tertiary/aromatic N) is 3. The zero-order valence-corrected chi connectivity index (χ0v) is 25.3. The third-order valence-corrected chi connectivity index (χ3v) is 6.03. The average Bonchev–Trinajstić information content (AvgIpc) is 2.94. The molecular formula is C28H56BN5O4. The lowest BCUT2D eigenvalue weighted by Gasteiger charge is -2.25. The van der Waals surface area contributed by atoms with Gasteiger partial charge >= 0.3 is 5.60 Å². The first kappa shape index (κ1) is 40.8. The van der Waals surface area contributed by atoms with E-state index < -0.39 is 12.9 Å². The summed E-state index contributed by atoms with van der Waals surface area (Å²) in [5, 5.41) is 43.9. The highest BCUT2D eigenvalue weighted by Gasteiger charge is 2.32. The Morgan fingerprint density at radius 1 is 0.553 bits per heavy atom. The summed E-state index contributed by atoms with van der Waals surface area (Å²) in [5.41, 5.74) is -2.55. The molecule has 2 N–H and O–H groups in total. The van der Waals surface area contributed by atoms with Crippen molar-refractivity contribution in [3.8, 4) is 18.2 Å². The highest BCUT2D eigenvalue weighted by molar-refractivity contribution is 6.27. The van der Waals surface area contributed by atoms with Gasteiger partial charge in [-0.05, 0) is 38.5 Å². The van der Waals surface area contributed by atoms with Crippen molar-refractivity contribution in [3.05, 3.63) is 0 Å². The quantitative estimate of drug-likeness (QED) is 0.128. The van der Waals surface area contributed by atoms with Gasteiger partial charge in [0.15, 0.2) is 0 Å². The van der Waals surface area contributed by atoms with E-state index in [0.717, 1.165) is 18.2 Å². The summed E-state index contributed by atoms with van der Waals surface area (Å²) in [5.74, 6) is 0. The van der Waals surface area contributed by atoms with Gasteiger partial charge in [0.2, 0.25) is 0 Å². The average molecular weight is 538 g/mol. The van der Waals surface area contributed by atoms with Gasteiger partial charge in [0.25, 0.3) is 0 Å². The predicted octanol–water partition coefficient (Wildman–Crippen LogP) is 1.49. The van der Waals surface area contributed by atoms with E-state index in [4.69, 9.17) is 15.8 Å². The summed E-state index contributed by atoms with van der Waals surface area (Å²) in [6.07, 6.45) is 16.5. The smallest absolute Gasteiger partial charge is 0.354 e. The maximum absolute atomic E-state index is 9.69. The molecule has 0 unspecified atom stereocenters. The Hall–Kier alpha value is -1.71. The molecule has 9 nitrogen and oxygen atoms in total. The molecule has 10 heteroatoms. The Morgan fingerprint density at radius 3 is 0.947 bits per heavy atom. The van der Waals surface area contributed by atoms with Crippen LogP contribution in [-0.2, 0) is 9.69 Å². The van der Waals surface area contributed by atoms with Crippen molar-refractivity contribution >= 4 is 7.32 Å². The lowest BCUT2D eigenvalue weighted by molar-refractivity contribution is -0.900. The fourth-order valence-electron chi connectivity index (χ4n) is 3.55. The van der Waals surface area contributed by atoms with Crippen molar-refractivity contribution in [2.45, 2.75) is 124 Å². The van der Waals surface area contributed by atoms with Gasteiger partial charge in [-0.2, -0.15) is 15.8 Å². The van der Waals surface area contributed by atoms with Crippen LogP contribution in [0.25, 0.3) is 0 Å². The highest BCUT2D eigenvalue weighted by atomic mass is 17.2. The van der Waals surface area contributed by atoms with Gasteiger partial charge < -0.3 is 24.7 Å².